The van der Waals surface area contributed by atoms with Gasteiger partial charge in [0, 0.05) is 12.1 Å². The summed E-state index contributed by atoms with van der Waals surface area (Å²) in [6.45, 7) is 0.410. The van der Waals surface area contributed by atoms with Gasteiger partial charge in [-0.2, -0.15) is 0 Å². The second-order valence-electron chi connectivity index (χ2n) is 3.85. The van der Waals surface area contributed by atoms with Gasteiger partial charge in [0.1, 0.15) is 0 Å². The molecule has 0 fully saturated rings. The molecule has 19 heavy (non-hydrogen) atoms. The topological polar surface area (TPSA) is 72.2 Å². The van der Waals surface area contributed by atoms with Crippen LogP contribution in [0.3, 0.4) is 0 Å². The molecule has 0 atom stereocenters. The van der Waals surface area contributed by atoms with E-state index in [1.165, 1.54) is 11.3 Å². The third-order valence-electron chi connectivity index (χ3n) is 2.49. The molecule has 0 aliphatic carbocycles. The van der Waals surface area contributed by atoms with Crippen LogP contribution in [0.2, 0.25) is 0 Å². The molecule has 0 saturated heterocycles. The van der Waals surface area contributed by atoms with Crippen molar-refractivity contribution < 1.29 is 9.59 Å². The number of hydrogen-bond acceptors (Lipinski definition) is 3. The fraction of sp³-hybridized carbons (Fsp3) is 0.0769. The van der Waals surface area contributed by atoms with Crippen LogP contribution in [0.4, 0.5) is 0 Å². The van der Waals surface area contributed by atoms with E-state index in [1.54, 1.807) is 30.3 Å². The van der Waals surface area contributed by atoms with Gasteiger partial charge in [-0.1, -0.05) is 12.1 Å². The summed E-state index contributed by atoms with van der Waals surface area (Å²) in [7, 11) is 0. The molecular weight excluding hydrogens is 328 g/mol. The van der Waals surface area contributed by atoms with Crippen molar-refractivity contribution in [1.29, 1.82) is 0 Å². The van der Waals surface area contributed by atoms with E-state index in [1.807, 2.05) is 6.07 Å². The fourth-order valence-electron chi connectivity index (χ4n) is 1.49. The average molecular weight is 339 g/mol. The van der Waals surface area contributed by atoms with Crippen LogP contribution in [0, 0.1) is 0 Å². The quantitative estimate of drug-likeness (QED) is 0.899. The van der Waals surface area contributed by atoms with Gasteiger partial charge in [-0.15, -0.1) is 11.3 Å². The number of thiophene rings is 1. The Hall–Kier alpha value is -1.66. The normalized spacial score (nSPS) is 10.2. The number of primary amides is 1. The van der Waals surface area contributed by atoms with Gasteiger partial charge >= 0.3 is 0 Å². The standard InChI is InChI=1S/C13H11BrN2O2S/c14-11-6-5-10(19-11)13(18)16-7-8-1-3-9(4-2-8)12(15)17/h1-6H,7H2,(H2,15,17)(H,16,18). The minimum absolute atomic E-state index is 0.116. The van der Waals surface area contributed by atoms with Crippen LogP contribution in [0.5, 0.6) is 0 Å². The Morgan fingerprint density at radius 3 is 2.37 bits per heavy atom. The summed E-state index contributed by atoms with van der Waals surface area (Å²) in [5, 5.41) is 2.81. The Morgan fingerprint density at radius 1 is 1.16 bits per heavy atom. The Morgan fingerprint density at radius 2 is 1.84 bits per heavy atom. The van der Waals surface area contributed by atoms with Gasteiger partial charge in [-0.3, -0.25) is 9.59 Å². The number of amides is 2. The first kappa shape index (κ1) is 13.8. The van der Waals surface area contributed by atoms with Gasteiger partial charge in [-0.25, -0.2) is 0 Å². The Bertz CT molecular complexity index is 607. The largest absolute Gasteiger partial charge is 0.366 e. The molecule has 1 heterocycles. The van der Waals surface area contributed by atoms with E-state index in [0.717, 1.165) is 9.35 Å². The van der Waals surface area contributed by atoms with E-state index >= 15 is 0 Å². The molecular formula is C13H11BrN2O2S. The SMILES string of the molecule is NC(=O)c1ccc(CNC(=O)c2ccc(Br)s2)cc1. The minimum Gasteiger partial charge on any atom is -0.366 e. The molecule has 6 heteroatoms. The lowest BCUT2D eigenvalue weighted by Crippen LogP contribution is -2.21. The zero-order valence-corrected chi connectivity index (χ0v) is 12.3. The van der Waals surface area contributed by atoms with Gasteiger partial charge in [-0.05, 0) is 45.8 Å². The molecule has 0 bridgehead atoms. The highest BCUT2D eigenvalue weighted by Crippen LogP contribution is 2.21. The van der Waals surface area contributed by atoms with Gasteiger partial charge < -0.3 is 11.1 Å². The molecule has 4 nitrogen and oxygen atoms in total. The molecule has 1 aromatic heterocycles. The first-order chi connectivity index (χ1) is 9.06. The highest BCUT2D eigenvalue weighted by Gasteiger charge is 2.08. The maximum absolute atomic E-state index is 11.8. The summed E-state index contributed by atoms with van der Waals surface area (Å²) in [5.74, 6) is -0.575. The number of carbonyl (C=O) groups is 2. The molecule has 3 N–H and O–H groups in total. The Balaban J connectivity index is 1.95. The molecule has 0 spiro atoms. The van der Waals surface area contributed by atoms with E-state index in [2.05, 4.69) is 21.2 Å². The van der Waals surface area contributed by atoms with E-state index in [-0.39, 0.29) is 5.91 Å². The predicted molar refractivity (Wildman–Crippen MR) is 78.1 cm³/mol. The minimum atomic E-state index is -0.459. The van der Waals surface area contributed by atoms with Crippen LogP contribution in [0.25, 0.3) is 0 Å². The highest BCUT2D eigenvalue weighted by atomic mass is 79.9. The van der Waals surface area contributed by atoms with Crippen LogP contribution in [0.15, 0.2) is 40.2 Å². The van der Waals surface area contributed by atoms with Crippen molar-refractivity contribution in [1.82, 2.24) is 5.32 Å². The summed E-state index contributed by atoms with van der Waals surface area (Å²) in [5.41, 5.74) is 6.52. The van der Waals surface area contributed by atoms with E-state index in [4.69, 9.17) is 5.73 Å². The first-order valence-electron chi connectivity index (χ1n) is 5.48. The zero-order valence-electron chi connectivity index (χ0n) is 9.85. The molecule has 0 unspecified atom stereocenters. The first-order valence-corrected chi connectivity index (χ1v) is 7.09. The average Bonchev–Trinajstić information content (AvgIpc) is 2.83. The van der Waals surface area contributed by atoms with Crippen molar-refractivity contribution in [2.24, 2.45) is 5.73 Å². The zero-order chi connectivity index (χ0) is 13.8. The molecule has 0 radical (unpaired) electrons. The molecule has 0 saturated carbocycles. The van der Waals surface area contributed by atoms with Crippen LogP contribution >= 0.6 is 27.3 Å². The van der Waals surface area contributed by atoms with Gasteiger partial charge in [0.15, 0.2) is 0 Å². The van der Waals surface area contributed by atoms with Crippen LogP contribution in [-0.4, -0.2) is 11.8 Å². The van der Waals surface area contributed by atoms with Gasteiger partial charge in [0.25, 0.3) is 5.91 Å². The van der Waals surface area contributed by atoms with Crippen LogP contribution in [-0.2, 0) is 6.54 Å². The lowest BCUT2D eigenvalue weighted by Gasteiger charge is -2.04. The monoisotopic (exact) mass is 338 g/mol. The molecule has 98 valence electrons. The molecule has 2 rings (SSSR count). The second-order valence-corrected chi connectivity index (χ2v) is 6.31. The van der Waals surface area contributed by atoms with Crippen LogP contribution in [0.1, 0.15) is 25.6 Å². The van der Waals surface area contributed by atoms with Gasteiger partial charge in [0.2, 0.25) is 5.91 Å². The van der Waals surface area contributed by atoms with E-state index in [9.17, 15) is 9.59 Å². The number of nitrogens with two attached hydrogens (primary N) is 1. The van der Waals surface area contributed by atoms with Gasteiger partial charge in [0.05, 0.1) is 8.66 Å². The number of hydrogen-bond donors (Lipinski definition) is 2. The summed E-state index contributed by atoms with van der Waals surface area (Å²) in [6.07, 6.45) is 0. The summed E-state index contributed by atoms with van der Waals surface area (Å²) in [6, 6.07) is 10.4. The van der Waals surface area contributed by atoms with Crippen molar-refractivity contribution in [3.8, 4) is 0 Å². The Labute approximate surface area is 122 Å². The molecule has 2 amide bonds. The maximum Gasteiger partial charge on any atom is 0.261 e. The van der Waals surface area contributed by atoms with E-state index < -0.39 is 5.91 Å². The number of halogens is 1. The summed E-state index contributed by atoms with van der Waals surface area (Å²) < 4.78 is 0.920. The van der Waals surface area contributed by atoms with Crippen molar-refractivity contribution in [3.05, 3.63) is 56.2 Å². The third-order valence-corrected chi connectivity index (χ3v) is 4.11. The lowest BCUT2D eigenvalue weighted by molar-refractivity contribution is 0.0953. The maximum atomic E-state index is 11.8. The fourth-order valence-corrected chi connectivity index (χ4v) is 2.80. The number of nitrogens with one attached hydrogen (secondary N) is 1. The smallest absolute Gasteiger partial charge is 0.261 e. The lowest BCUT2D eigenvalue weighted by atomic mass is 10.1. The van der Waals surface area contributed by atoms with Crippen molar-refractivity contribution >= 4 is 39.1 Å². The second kappa shape index (κ2) is 5.99. The highest BCUT2D eigenvalue weighted by molar-refractivity contribution is 9.11. The van der Waals surface area contributed by atoms with E-state index in [0.29, 0.717) is 17.0 Å². The molecule has 2 aromatic rings. The van der Waals surface area contributed by atoms with Crippen molar-refractivity contribution in [2.45, 2.75) is 6.54 Å². The molecule has 0 aliphatic rings. The molecule has 0 aliphatic heterocycles. The molecule has 1 aromatic carbocycles. The number of rotatable bonds is 4. The Kier molecular flexibility index (Phi) is 4.34. The third kappa shape index (κ3) is 3.65. The summed E-state index contributed by atoms with van der Waals surface area (Å²) >= 11 is 4.69. The van der Waals surface area contributed by atoms with Crippen LogP contribution < -0.4 is 11.1 Å². The van der Waals surface area contributed by atoms with Crippen molar-refractivity contribution in [3.63, 3.8) is 0 Å². The van der Waals surface area contributed by atoms with Crippen molar-refractivity contribution in [2.75, 3.05) is 0 Å². The number of carbonyl (C=O) groups excluding carboxylic acids is 2. The number of benzene rings is 1. The predicted octanol–water partition coefficient (Wildman–Crippen LogP) is 2.54. The summed E-state index contributed by atoms with van der Waals surface area (Å²) in [4.78, 5) is 23.4.